The Hall–Kier alpha value is -5.34. The Balaban J connectivity index is 1.51. The largest absolute Gasteiger partial charge is 0.497 e. The molecular formula is C28H22ClN7O6S. The molecule has 13 nitrogen and oxygen atoms in total. The van der Waals surface area contributed by atoms with Crippen LogP contribution in [0.5, 0.6) is 5.75 Å². The number of halogens is 1. The number of nitro groups is 1. The van der Waals surface area contributed by atoms with Crippen molar-refractivity contribution in [3.05, 3.63) is 116 Å². The Labute approximate surface area is 249 Å². The molecule has 0 atom stereocenters. The van der Waals surface area contributed by atoms with Gasteiger partial charge in [0.05, 0.1) is 45.3 Å². The summed E-state index contributed by atoms with van der Waals surface area (Å²) in [5.74, 6) is 0.630. The van der Waals surface area contributed by atoms with Crippen molar-refractivity contribution in [2.45, 2.75) is 11.8 Å². The van der Waals surface area contributed by atoms with Gasteiger partial charge in [0, 0.05) is 17.7 Å². The van der Waals surface area contributed by atoms with Crippen molar-refractivity contribution in [1.82, 2.24) is 20.0 Å². The van der Waals surface area contributed by atoms with Crippen molar-refractivity contribution in [3.8, 4) is 22.7 Å². The Kier molecular flexibility index (Phi) is 8.05. The number of anilines is 1. The standard InChI is InChI=1S/C28H22ClN7O6S/c1-17(30-19-5-13-23(14-6-19)43(40,41)34-25-16-15-24(29)31-32-25)26-27(18-3-11-22(42-2)12-4-18)33-35(28(26)37)20-7-9-21(10-8-20)36(38)39/h3-16,33H,1-2H3,(H,32,34). The van der Waals surface area contributed by atoms with E-state index in [0.717, 1.165) is 0 Å². The molecule has 0 aliphatic carbocycles. The van der Waals surface area contributed by atoms with Crippen LogP contribution >= 0.6 is 11.6 Å². The average molecular weight is 620 g/mol. The molecule has 0 saturated carbocycles. The molecule has 15 heteroatoms. The third-order valence-electron chi connectivity index (χ3n) is 6.26. The molecule has 0 amide bonds. The van der Waals surface area contributed by atoms with Crippen molar-refractivity contribution >= 4 is 44.5 Å². The van der Waals surface area contributed by atoms with E-state index in [1.54, 1.807) is 38.3 Å². The molecule has 2 N–H and O–H groups in total. The molecule has 0 aliphatic heterocycles. The quantitative estimate of drug-likeness (QED) is 0.130. The van der Waals surface area contributed by atoms with E-state index in [4.69, 9.17) is 16.3 Å². The molecular weight excluding hydrogens is 598 g/mol. The number of rotatable bonds is 9. The second-order valence-corrected chi connectivity index (χ2v) is 11.1. The van der Waals surface area contributed by atoms with Crippen molar-refractivity contribution in [2.24, 2.45) is 4.99 Å². The molecule has 2 heterocycles. The van der Waals surface area contributed by atoms with E-state index in [2.05, 4.69) is 25.0 Å². The molecule has 218 valence electrons. The van der Waals surface area contributed by atoms with E-state index in [1.165, 1.54) is 65.3 Å². The normalized spacial score (nSPS) is 11.7. The number of hydrogen-bond acceptors (Lipinski definition) is 9. The van der Waals surface area contributed by atoms with Gasteiger partial charge in [-0.2, -0.15) is 0 Å². The van der Waals surface area contributed by atoms with E-state index in [1.807, 2.05) is 0 Å². The van der Waals surface area contributed by atoms with Crippen molar-refractivity contribution in [2.75, 3.05) is 11.8 Å². The molecule has 0 saturated heterocycles. The second-order valence-electron chi connectivity index (χ2n) is 9.04. The lowest BCUT2D eigenvalue weighted by molar-refractivity contribution is -0.384. The minimum absolute atomic E-state index is 0.00478. The SMILES string of the molecule is COc1ccc(-c2[nH]n(-c3ccc([N+](=O)[O-])cc3)c(=O)c2C(C)=Nc2ccc(S(=O)(=O)Nc3ccc(Cl)nn3)cc2)cc1. The lowest BCUT2D eigenvalue weighted by Crippen LogP contribution is -2.19. The summed E-state index contributed by atoms with van der Waals surface area (Å²) in [6.45, 7) is 1.66. The fourth-order valence-electron chi connectivity index (χ4n) is 4.16. The second kappa shape index (κ2) is 11.9. The number of benzene rings is 3. The number of ether oxygens (including phenoxy) is 1. The number of aromatic nitrogens is 4. The fourth-order valence-corrected chi connectivity index (χ4v) is 5.26. The molecule has 3 aromatic carbocycles. The van der Waals surface area contributed by atoms with Crippen LogP contribution in [0.25, 0.3) is 16.9 Å². The number of nitrogens with one attached hydrogen (secondary N) is 2. The Bertz CT molecular complexity index is 1990. The maximum atomic E-state index is 13.7. The smallest absolute Gasteiger partial charge is 0.280 e. The first kappa shape index (κ1) is 29.2. The summed E-state index contributed by atoms with van der Waals surface area (Å²) in [6, 6.07) is 21.1. The molecule has 0 aliphatic rings. The summed E-state index contributed by atoms with van der Waals surface area (Å²) in [5, 5.41) is 21.6. The van der Waals surface area contributed by atoms with Crippen molar-refractivity contribution < 1.29 is 18.1 Å². The van der Waals surface area contributed by atoms with Crippen LogP contribution in [0.2, 0.25) is 5.15 Å². The number of methoxy groups -OCH3 is 1. The van der Waals surface area contributed by atoms with Crippen LogP contribution in [-0.2, 0) is 10.0 Å². The lowest BCUT2D eigenvalue weighted by Gasteiger charge is -2.07. The van der Waals surface area contributed by atoms with Crippen molar-refractivity contribution in [3.63, 3.8) is 0 Å². The summed E-state index contributed by atoms with van der Waals surface area (Å²) in [6.07, 6.45) is 0. The van der Waals surface area contributed by atoms with Gasteiger partial charge in [-0.15, -0.1) is 10.2 Å². The fraction of sp³-hybridized carbons (Fsp3) is 0.0714. The van der Waals surface area contributed by atoms with E-state index in [0.29, 0.717) is 34.1 Å². The summed E-state index contributed by atoms with van der Waals surface area (Å²) in [7, 11) is -2.43. The minimum Gasteiger partial charge on any atom is -0.497 e. The van der Waals surface area contributed by atoms with Crippen LogP contribution in [-0.4, -0.2) is 46.1 Å². The van der Waals surface area contributed by atoms with E-state index in [-0.39, 0.29) is 27.1 Å². The highest BCUT2D eigenvalue weighted by Gasteiger charge is 2.21. The summed E-state index contributed by atoms with van der Waals surface area (Å²) >= 11 is 5.70. The van der Waals surface area contributed by atoms with E-state index >= 15 is 0 Å². The van der Waals surface area contributed by atoms with Gasteiger partial charge in [0.15, 0.2) is 11.0 Å². The van der Waals surface area contributed by atoms with Gasteiger partial charge in [-0.1, -0.05) is 11.6 Å². The number of H-pyrrole nitrogens is 1. The van der Waals surface area contributed by atoms with Gasteiger partial charge in [0.25, 0.3) is 21.3 Å². The van der Waals surface area contributed by atoms with Gasteiger partial charge in [-0.3, -0.25) is 29.7 Å². The Morgan fingerprint density at radius 2 is 1.67 bits per heavy atom. The monoisotopic (exact) mass is 619 g/mol. The summed E-state index contributed by atoms with van der Waals surface area (Å²) in [4.78, 5) is 28.8. The highest BCUT2D eigenvalue weighted by atomic mass is 35.5. The van der Waals surface area contributed by atoms with Crippen LogP contribution in [0.3, 0.4) is 0 Å². The molecule has 0 fully saturated rings. The number of nitro benzene ring substituents is 1. The van der Waals surface area contributed by atoms with E-state index in [9.17, 15) is 23.3 Å². The minimum atomic E-state index is -3.97. The van der Waals surface area contributed by atoms with Crippen LogP contribution < -0.4 is 15.0 Å². The maximum absolute atomic E-state index is 13.7. The molecule has 5 aromatic rings. The number of aliphatic imine (C=N–C) groups is 1. The van der Waals surface area contributed by atoms with Crippen LogP contribution in [0, 0.1) is 10.1 Å². The predicted octanol–water partition coefficient (Wildman–Crippen LogP) is 5.13. The molecule has 0 spiro atoms. The highest BCUT2D eigenvalue weighted by molar-refractivity contribution is 7.92. The van der Waals surface area contributed by atoms with Gasteiger partial charge in [-0.25, -0.2) is 13.1 Å². The third-order valence-corrected chi connectivity index (χ3v) is 7.84. The molecule has 0 radical (unpaired) electrons. The zero-order chi connectivity index (χ0) is 30.7. The number of hydrogen-bond donors (Lipinski definition) is 2. The Morgan fingerprint density at radius 1 is 1.00 bits per heavy atom. The predicted molar refractivity (Wildman–Crippen MR) is 161 cm³/mol. The third kappa shape index (κ3) is 6.29. The van der Waals surface area contributed by atoms with Crippen molar-refractivity contribution in [1.29, 1.82) is 0 Å². The topological polar surface area (TPSA) is 174 Å². The number of non-ortho nitro benzene ring substituents is 1. The summed E-state index contributed by atoms with van der Waals surface area (Å²) in [5.41, 5.74) is 1.95. The van der Waals surface area contributed by atoms with Crippen LogP contribution in [0.15, 0.2) is 99.6 Å². The van der Waals surface area contributed by atoms with Crippen LogP contribution in [0.1, 0.15) is 12.5 Å². The van der Waals surface area contributed by atoms with Gasteiger partial charge in [-0.05, 0) is 79.7 Å². The van der Waals surface area contributed by atoms with Crippen LogP contribution in [0.4, 0.5) is 17.2 Å². The first-order chi connectivity index (χ1) is 20.6. The number of nitrogens with zero attached hydrogens (tertiary/aromatic N) is 5. The van der Waals surface area contributed by atoms with Gasteiger partial charge >= 0.3 is 0 Å². The zero-order valence-corrected chi connectivity index (χ0v) is 24.1. The molecule has 0 bridgehead atoms. The Morgan fingerprint density at radius 3 is 2.26 bits per heavy atom. The summed E-state index contributed by atoms with van der Waals surface area (Å²) < 4.78 is 34.4. The number of sulfonamides is 1. The molecule has 2 aromatic heterocycles. The molecule has 0 unspecified atom stereocenters. The van der Waals surface area contributed by atoms with Gasteiger partial charge < -0.3 is 4.74 Å². The first-order valence-electron chi connectivity index (χ1n) is 12.5. The first-order valence-corrected chi connectivity index (χ1v) is 14.3. The molecule has 43 heavy (non-hydrogen) atoms. The van der Waals surface area contributed by atoms with Gasteiger partial charge in [0.1, 0.15) is 5.75 Å². The lowest BCUT2D eigenvalue weighted by atomic mass is 10.0. The highest BCUT2D eigenvalue weighted by Crippen LogP contribution is 2.26. The zero-order valence-electron chi connectivity index (χ0n) is 22.6. The van der Waals surface area contributed by atoms with Gasteiger partial charge in [0.2, 0.25) is 0 Å². The maximum Gasteiger partial charge on any atom is 0.280 e. The molecule has 5 rings (SSSR count). The average Bonchev–Trinajstić information content (AvgIpc) is 3.35. The van der Waals surface area contributed by atoms with E-state index < -0.39 is 20.5 Å². The number of aromatic amines is 1.